The Morgan fingerprint density at radius 2 is 2.20 bits per heavy atom. The fourth-order valence-electron chi connectivity index (χ4n) is 1.10. The summed E-state index contributed by atoms with van der Waals surface area (Å²) in [6.07, 6.45) is 0. The molecule has 0 saturated carbocycles. The van der Waals surface area contributed by atoms with Gasteiger partial charge in [0.25, 0.3) is 0 Å². The van der Waals surface area contributed by atoms with Crippen molar-refractivity contribution in [1.29, 1.82) is 0 Å². The summed E-state index contributed by atoms with van der Waals surface area (Å²) >= 11 is 3.00. The summed E-state index contributed by atoms with van der Waals surface area (Å²) in [4.78, 5) is 11.4. The van der Waals surface area contributed by atoms with E-state index in [0.717, 1.165) is 0 Å². The maximum Gasteiger partial charge on any atom is 0.342 e. The Balaban J connectivity index is 3.18. The number of esters is 1. The first-order valence-electron chi connectivity index (χ1n) is 4.31. The molecule has 0 spiro atoms. The van der Waals surface area contributed by atoms with Crippen LogP contribution in [0.25, 0.3) is 0 Å². The highest BCUT2D eigenvalue weighted by atomic mass is 79.9. The molecule has 0 aliphatic carbocycles. The molecule has 1 aromatic carbocycles. The van der Waals surface area contributed by atoms with Crippen LogP contribution in [0.5, 0.6) is 5.75 Å². The van der Waals surface area contributed by atoms with E-state index in [4.69, 9.17) is 9.47 Å². The van der Waals surface area contributed by atoms with Crippen LogP contribution in [0, 0.1) is 5.82 Å². The lowest BCUT2D eigenvalue weighted by atomic mass is 10.2. The van der Waals surface area contributed by atoms with Gasteiger partial charge in [0.1, 0.15) is 5.56 Å². The van der Waals surface area contributed by atoms with Crippen LogP contribution in [-0.4, -0.2) is 19.7 Å². The van der Waals surface area contributed by atoms with Crippen LogP contribution in [-0.2, 0) is 4.74 Å². The standard InChI is InChI=1S/C10H10BrFO3/c1-3-15-10(13)6-4-5-7(11)8(12)9(6)14-2/h4-5H,3H2,1-2H3. The maximum absolute atomic E-state index is 13.5. The van der Waals surface area contributed by atoms with E-state index >= 15 is 0 Å². The zero-order chi connectivity index (χ0) is 11.4. The van der Waals surface area contributed by atoms with Crippen molar-refractivity contribution in [1.82, 2.24) is 0 Å². The van der Waals surface area contributed by atoms with E-state index in [9.17, 15) is 9.18 Å². The van der Waals surface area contributed by atoms with Crippen molar-refractivity contribution in [2.45, 2.75) is 6.92 Å². The Hall–Kier alpha value is -1.10. The third-order valence-electron chi connectivity index (χ3n) is 1.75. The van der Waals surface area contributed by atoms with Crippen molar-refractivity contribution >= 4 is 21.9 Å². The van der Waals surface area contributed by atoms with E-state index in [0.29, 0.717) is 0 Å². The fraction of sp³-hybridized carbons (Fsp3) is 0.300. The predicted octanol–water partition coefficient (Wildman–Crippen LogP) is 2.77. The number of hydrogen-bond donors (Lipinski definition) is 0. The third kappa shape index (κ3) is 2.47. The number of ether oxygens (including phenoxy) is 2. The molecule has 0 aliphatic rings. The minimum absolute atomic E-state index is 0.0834. The van der Waals surface area contributed by atoms with Crippen molar-refractivity contribution in [3.05, 3.63) is 28.0 Å². The molecule has 82 valence electrons. The van der Waals surface area contributed by atoms with Crippen LogP contribution in [0.1, 0.15) is 17.3 Å². The maximum atomic E-state index is 13.5. The van der Waals surface area contributed by atoms with Crippen LogP contribution < -0.4 is 4.74 Å². The van der Waals surface area contributed by atoms with E-state index in [1.54, 1.807) is 6.92 Å². The molecule has 1 rings (SSSR count). The number of carbonyl (C=O) groups excluding carboxylic acids is 1. The van der Waals surface area contributed by atoms with E-state index in [-0.39, 0.29) is 22.4 Å². The highest BCUT2D eigenvalue weighted by molar-refractivity contribution is 9.10. The molecule has 3 nitrogen and oxygen atoms in total. The molecule has 0 aliphatic heterocycles. The zero-order valence-corrected chi connectivity index (χ0v) is 9.93. The van der Waals surface area contributed by atoms with Crippen molar-refractivity contribution in [2.75, 3.05) is 13.7 Å². The first-order valence-corrected chi connectivity index (χ1v) is 5.10. The van der Waals surface area contributed by atoms with E-state index in [1.807, 2.05) is 0 Å². The molecule has 0 heterocycles. The molecule has 0 fully saturated rings. The second-order valence-corrected chi connectivity index (χ2v) is 3.52. The highest BCUT2D eigenvalue weighted by Crippen LogP contribution is 2.29. The van der Waals surface area contributed by atoms with Gasteiger partial charge in [0, 0.05) is 0 Å². The molecule has 0 bridgehead atoms. The van der Waals surface area contributed by atoms with E-state index in [1.165, 1.54) is 19.2 Å². The van der Waals surface area contributed by atoms with Crippen LogP contribution in [0.4, 0.5) is 4.39 Å². The number of benzene rings is 1. The first kappa shape index (κ1) is 12.0. The second kappa shape index (κ2) is 5.11. The van der Waals surface area contributed by atoms with Gasteiger partial charge < -0.3 is 9.47 Å². The highest BCUT2D eigenvalue weighted by Gasteiger charge is 2.19. The summed E-state index contributed by atoms with van der Waals surface area (Å²) < 4.78 is 23.3. The van der Waals surface area contributed by atoms with Gasteiger partial charge in [-0.2, -0.15) is 0 Å². The smallest absolute Gasteiger partial charge is 0.342 e. The molecule has 0 atom stereocenters. The zero-order valence-electron chi connectivity index (χ0n) is 8.34. The average molecular weight is 277 g/mol. The van der Waals surface area contributed by atoms with Gasteiger partial charge >= 0.3 is 5.97 Å². The number of methoxy groups -OCH3 is 1. The lowest BCUT2D eigenvalue weighted by molar-refractivity contribution is 0.0521. The topological polar surface area (TPSA) is 35.5 Å². The second-order valence-electron chi connectivity index (χ2n) is 2.66. The monoisotopic (exact) mass is 276 g/mol. The summed E-state index contributed by atoms with van der Waals surface area (Å²) in [5.41, 5.74) is 0.0834. The Labute approximate surface area is 95.3 Å². The molecular formula is C10H10BrFO3. The quantitative estimate of drug-likeness (QED) is 0.797. The normalized spacial score (nSPS) is 9.87. The van der Waals surface area contributed by atoms with E-state index in [2.05, 4.69) is 15.9 Å². The lowest BCUT2D eigenvalue weighted by Crippen LogP contribution is -2.08. The van der Waals surface area contributed by atoms with E-state index < -0.39 is 11.8 Å². The Morgan fingerprint density at radius 1 is 1.53 bits per heavy atom. The Morgan fingerprint density at radius 3 is 2.73 bits per heavy atom. The first-order chi connectivity index (χ1) is 7.11. The van der Waals surface area contributed by atoms with Crippen molar-refractivity contribution < 1.29 is 18.7 Å². The lowest BCUT2D eigenvalue weighted by Gasteiger charge is -2.09. The number of halogens is 2. The van der Waals surface area contributed by atoms with Gasteiger partial charge in [-0.25, -0.2) is 9.18 Å². The molecule has 0 aromatic heterocycles. The molecule has 15 heavy (non-hydrogen) atoms. The van der Waals surface area contributed by atoms with Crippen LogP contribution in [0.2, 0.25) is 0 Å². The molecule has 0 unspecified atom stereocenters. The summed E-state index contributed by atoms with van der Waals surface area (Å²) in [6, 6.07) is 2.88. The summed E-state index contributed by atoms with van der Waals surface area (Å²) in [6.45, 7) is 1.92. The van der Waals surface area contributed by atoms with Crippen LogP contribution in [0.15, 0.2) is 16.6 Å². The van der Waals surface area contributed by atoms with Crippen molar-refractivity contribution in [2.24, 2.45) is 0 Å². The van der Waals surface area contributed by atoms with Crippen molar-refractivity contribution in [3.63, 3.8) is 0 Å². The molecule has 5 heteroatoms. The van der Waals surface area contributed by atoms with Gasteiger partial charge in [0.2, 0.25) is 0 Å². The molecule has 0 N–H and O–H groups in total. The minimum atomic E-state index is -0.608. The minimum Gasteiger partial charge on any atom is -0.493 e. The van der Waals surface area contributed by atoms with Gasteiger partial charge in [-0.05, 0) is 35.0 Å². The van der Waals surface area contributed by atoms with Gasteiger partial charge in [0.15, 0.2) is 11.6 Å². The molecule has 0 amide bonds. The Kier molecular flexibility index (Phi) is 4.08. The summed E-state index contributed by atoms with van der Waals surface area (Å²) in [7, 11) is 1.30. The SMILES string of the molecule is CCOC(=O)c1ccc(Br)c(F)c1OC. The van der Waals surface area contributed by atoms with Gasteiger partial charge in [-0.3, -0.25) is 0 Å². The number of hydrogen-bond acceptors (Lipinski definition) is 3. The molecule has 1 aromatic rings. The summed E-state index contributed by atoms with van der Waals surface area (Å²) in [5.74, 6) is -1.31. The Bertz CT molecular complexity index is 379. The number of rotatable bonds is 3. The van der Waals surface area contributed by atoms with Crippen LogP contribution >= 0.6 is 15.9 Å². The third-order valence-corrected chi connectivity index (χ3v) is 2.36. The number of carbonyl (C=O) groups is 1. The molecular weight excluding hydrogens is 267 g/mol. The largest absolute Gasteiger partial charge is 0.493 e. The van der Waals surface area contributed by atoms with Crippen molar-refractivity contribution in [3.8, 4) is 5.75 Å². The fourth-order valence-corrected chi connectivity index (χ4v) is 1.41. The summed E-state index contributed by atoms with van der Waals surface area (Å²) in [5, 5.41) is 0. The van der Waals surface area contributed by atoms with Gasteiger partial charge in [0.05, 0.1) is 18.2 Å². The predicted molar refractivity (Wildman–Crippen MR) is 56.6 cm³/mol. The molecule has 0 radical (unpaired) electrons. The average Bonchev–Trinajstić information content (AvgIpc) is 2.22. The molecule has 0 saturated heterocycles. The van der Waals surface area contributed by atoms with Gasteiger partial charge in [-0.1, -0.05) is 0 Å². The van der Waals surface area contributed by atoms with Crippen LogP contribution in [0.3, 0.4) is 0 Å². The van der Waals surface area contributed by atoms with Gasteiger partial charge in [-0.15, -0.1) is 0 Å².